The van der Waals surface area contributed by atoms with Crippen molar-refractivity contribution in [1.29, 1.82) is 0 Å². The molecule has 0 unspecified atom stereocenters. The standard InChI is InChI=1S/C16H23NO5/c1-12(2)21-11-9-15(18)17-13-5-7-14(8-6-13)22-10-3-4-16(19)20/h5-8,12H,3-4,9-11H2,1-2H3,(H,17,18)(H,19,20). The number of benzene rings is 1. The van der Waals surface area contributed by atoms with Crippen molar-refractivity contribution in [3.8, 4) is 5.75 Å². The van der Waals surface area contributed by atoms with Crippen LogP contribution in [0.1, 0.15) is 33.1 Å². The van der Waals surface area contributed by atoms with Gasteiger partial charge in [-0.25, -0.2) is 0 Å². The first-order valence-corrected chi connectivity index (χ1v) is 7.33. The topological polar surface area (TPSA) is 84.9 Å². The predicted octanol–water partition coefficient (Wildman–Crippen LogP) is 2.68. The van der Waals surface area contributed by atoms with Crippen LogP contribution in [0.25, 0.3) is 0 Å². The molecule has 6 heteroatoms. The first-order valence-electron chi connectivity index (χ1n) is 7.33. The summed E-state index contributed by atoms with van der Waals surface area (Å²) in [6.07, 6.45) is 0.979. The van der Waals surface area contributed by atoms with Crippen LogP contribution >= 0.6 is 0 Å². The lowest BCUT2D eigenvalue weighted by molar-refractivity contribution is -0.137. The monoisotopic (exact) mass is 309 g/mol. The van der Waals surface area contributed by atoms with Crippen LogP contribution in [0.4, 0.5) is 5.69 Å². The fourth-order valence-corrected chi connectivity index (χ4v) is 1.66. The third-order valence-electron chi connectivity index (χ3n) is 2.72. The summed E-state index contributed by atoms with van der Waals surface area (Å²) in [4.78, 5) is 22.0. The van der Waals surface area contributed by atoms with Gasteiger partial charge in [0.05, 0.1) is 25.7 Å². The van der Waals surface area contributed by atoms with E-state index in [0.717, 1.165) is 0 Å². The number of carbonyl (C=O) groups is 2. The molecule has 0 aliphatic rings. The molecule has 0 aromatic heterocycles. The van der Waals surface area contributed by atoms with E-state index in [-0.39, 0.29) is 18.4 Å². The van der Waals surface area contributed by atoms with Crippen LogP contribution in [0.5, 0.6) is 5.75 Å². The zero-order chi connectivity index (χ0) is 16.4. The number of carbonyl (C=O) groups excluding carboxylic acids is 1. The van der Waals surface area contributed by atoms with E-state index in [1.165, 1.54) is 0 Å². The predicted molar refractivity (Wildman–Crippen MR) is 83.1 cm³/mol. The summed E-state index contributed by atoms with van der Waals surface area (Å²) in [5.41, 5.74) is 0.687. The number of amides is 1. The Hall–Kier alpha value is -2.08. The molecule has 22 heavy (non-hydrogen) atoms. The molecular formula is C16H23NO5. The largest absolute Gasteiger partial charge is 0.494 e. The lowest BCUT2D eigenvalue weighted by Gasteiger charge is -2.09. The Bertz CT molecular complexity index is 470. The maximum absolute atomic E-state index is 11.7. The lowest BCUT2D eigenvalue weighted by atomic mass is 10.3. The molecule has 0 heterocycles. The smallest absolute Gasteiger partial charge is 0.303 e. The van der Waals surface area contributed by atoms with Crippen LogP contribution in [-0.2, 0) is 14.3 Å². The van der Waals surface area contributed by atoms with Crippen molar-refractivity contribution >= 4 is 17.6 Å². The molecule has 0 radical (unpaired) electrons. The molecule has 1 amide bonds. The normalized spacial score (nSPS) is 10.5. The minimum Gasteiger partial charge on any atom is -0.494 e. The van der Waals surface area contributed by atoms with Crippen molar-refractivity contribution in [2.24, 2.45) is 0 Å². The van der Waals surface area contributed by atoms with Gasteiger partial charge in [-0.1, -0.05) is 0 Å². The SMILES string of the molecule is CC(C)OCCC(=O)Nc1ccc(OCCCC(=O)O)cc1. The van der Waals surface area contributed by atoms with Crippen LogP contribution in [0.2, 0.25) is 0 Å². The molecule has 0 aliphatic heterocycles. The number of hydrogen-bond acceptors (Lipinski definition) is 4. The van der Waals surface area contributed by atoms with Gasteiger partial charge in [0, 0.05) is 12.1 Å². The number of rotatable bonds is 10. The van der Waals surface area contributed by atoms with E-state index in [9.17, 15) is 9.59 Å². The van der Waals surface area contributed by atoms with E-state index in [4.69, 9.17) is 14.6 Å². The summed E-state index contributed by atoms with van der Waals surface area (Å²) >= 11 is 0. The van der Waals surface area contributed by atoms with E-state index in [0.29, 0.717) is 37.5 Å². The Kier molecular flexibility index (Phi) is 7.99. The molecule has 0 aliphatic carbocycles. The molecule has 0 fully saturated rings. The van der Waals surface area contributed by atoms with Gasteiger partial charge in [0.2, 0.25) is 5.91 Å². The third kappa shape index (κ3) is 8.26. The van der Waals surface area contributed by atoms with Gasteiger partial charge in [0.15, 0.2) is 0 Å². The Morgan fingerprint density at radius 2 is 1.82 bits per heavy atom. The van der Waals surface area contributed by atoms with Gasteiger partial charge in [-0.15, -0.1) is 0 Å². The van der Waals surface area contributed by atoms with Crippen molar-refractivity contribution in [2.45, 2.75) is 39.2 Å². The molecule has 6 nitrogen and oxygen atoms in total. The van der Waals surface area contributed by atoms with Crippen LogP contribution < -0.4 is 10.1 Å². The van der Waals surface area contributed by atoms with Gasteiger partial charge in [-0.3, -0.25) is 9.59 Å². The number of ether oxygens (including phenoxy) is 2. The zero-order valence-electron chi connectivity index (χ0n) is 13.0. The Labute approximate surface area is 130 Å². The quantitative estimate of drug-likeness (QED) is 0.649. The van der Waals surface area contributed by atoms with Gasteiger partial charge in [0.1, 0.15) is 5.75 Å². The van der Waals surface area contributed by atoms with E-state index >= 15 is 0 Å². The van der Waals surface area contributed by atoms with E-state index in [1.54, 1.807) is 24.3 Å². The Balaban J connectivity index is 2.29. The van der Waals surface area contributed by atoms with Crippen LogP contribution in [0.15, 0.2) is 24.3 Å². The van der Waals surface area contributed by atoms with Gasteiger partial charge in [-0.05, 0) is 44.5 Å². The van der Waals surface area contributed by atoms with Crippen molar-refractivity contribution in [2.75, 3.05) is 18.5 Å². The van der Waals surface area contributed by atoms with Crippen molar-refractivity contribution in [1.82, 2.24) is 0 Å². The van der Waals surface area contributed by atoms with Crippen molar-refractivity contribution in [3.63, 3.8) is 0 Å². The summed E-state index contributed by atoms with van der Waals surface area (Å²) < 4.78 is 10.7. The van der Waals surface area contributed by atoms with Crippen LogP contribution in [0, 0.1) is 0 Å². The number of carboxylic acids is 1. The third-order valence-corrected chi connectivity index (χ3v) is 2.72. The zero-order valence-corrected chi connectivity index (χ0v) is 13.0. The lowest BCUT2D eigenvalue weighted by Crippen LogP contribution is -2.15. The minimum atomic E-state index is -0.830. The van der Waals surface area contributed by atoms with Gasteiger partial charge in [0.25, 0.3) is 0 Å². The molecule has 0 bridgehead atoms. The first kappa shape index (κ1) is 18.0. The number of hydrogen-bond donors (Lipinski definition) is 2. The summed E-state index contributed by atoms with van der Waals surface area (Å²) in [5, 5.41) is 11.3. The second kappa shape index (κ2) is 9.78. The molecule has 0 spiro atoms. The van der Waals surface area contributed by atoms with E-state index in [2.05, 4.69) is 5.32 Å². The highest BCUT2D eigenvalue weighted by Crippen LogP contribution is 2.16. The molecular weight excluding hydrogens is 286 g/mol. The fourth-order valence-electron chi connectivity index (χ4n) is 1.66. The highest BCUT2D eigenvalue weighted by Gasteiger charge is 2.04. The maximum Gasteiger partial charge on any atom is 0.303 e. The van der Waals surface area contributed by atoms with Crippen molar-refractivity contribution in [3.05, 3.63) is 24.3 Å². The second-order valence-corrected chi connectivity index (χ2v) is 5.09. The average Bonchev–Trinajstić information content (AvgIpc) is 2.44. The number of aliphatic carboxylic acids is 1. The number of carboxylic acid groups (broad SMARTS) is 1. The Morgan fingerprint density at radius 1 is 1.14 bits per heavy atom. The molecule has 0 saturated heterocycles. The summed E-state index contributed by atoms with van der Waals surface area (Å²) in [6.45, 7) is 4.60. The first-order chi connectivity index (χ1) is 10.5. The van der Waals surface area contributed by atoms with Crippen molar-refractivity contribution < 1.29 is 24.2 Å². The fraction of sp³-hybridized carbons (Fsp3) is 0.500. The average molecular weight is 309 g/mol. The highest BCUT2D eigenvalue weighted by molar-refractivity contribution is 5.90. The number of anilines is 1. The highest BCUT2D eigenvalue weighted by atomic mass is 16.5. The molecule has 122 valence electrons. The molecule has 0 saturated carbocycles. The maximum atomic E-state index is 11.7. The van der Waals surface area contributed by atoms with Gasteiger partial charge in [-0.2, -0.15) is 0 Å². The molecule has 2 N–H and O–H groups in total. The van der Waals surface area contributed by atoms with E-state index < -0.39 is 5.97 Å². The summed E-state index contributed by atoms with van der Waals surface area (Å²) in [7, 11) is 0. The van der Waals surface area contributed by atoms with Gasteiger partial charge < -0.3 is 19.9 Å². The van der Waals surface area contributed by atoms with Crippen LogP contribution in [-0.4, -0.2) is 36.3 Å². The second-order valence-electron chi connectivity index (χ2n) is 5.09. The minimum absolute atomic E-state index is 0.0899. The van der Waals surface area contributed by atoms with Gasteiger partial charge >= 0.3 is 5.97 Å². The molecule has 0 atom stereocenters. The molecule has 1 aromatic carbocycles. The number of nitrogens with one attached hydrogen (secondary N) is 1. The molecule has 1 aromatic rings. The van der Waals surface area contributed by atoms with Crippen LogP contribution in [0.3, 0.4) is 0 Å². The van der Waals surface area contributed by atoms with E-state index in [1.807, 2.05) is 13.8 Å². The summed E-state index contributed by atoms with van der Waals surface area (Å²) in [6, 6.07) is 6.96. The molecule has 1 rings (SSSR count). The Morgan fingerprint density at radius 3 is 2.41 bits per heavy atom. The summed E-state index contributed by atoms with van der Waals surface area (Å²) in [5.74, 6) is -0.287.